The first-order valence-corrected chi connectivity index (χ1v) is 4.94. The monoisotopic (exact) mass is 202 g/mol. The number of methoxy groups -OCH3 is 1. The molecule has 0 amide bonds. The number of hydrogen-bond acceptors (Lipinski definition) is 2. The third kappa shape index (κ3) is 2.28. The van der Waals surface area contributed by atoms with Crippen LogP contribution >= 0.6 is 0 Å². The zero-order chi connectivity index (χ0) is 10.7. The molecule has 0 radical (unpaired) electrons. The van der Waals surface area contributed by atoms with Crippen LogP contribution in [0.2, 0.25) is 0 Å². The molecule has 0 saturated heterocycles. The number of rotatable bonds is 3. The van der Waals surface area contributed by atoms with Gasteiger partial charge in [0.1, 0.15) is 11.5 Å². The Labute approximate surface area is 89.5 Å². The molecular formula is C13H14O2. The van der Waals surface area contributed by atoms with Gasteiger partial charge in [-0.2, -0.15) is 0 Å². The molecule has 2 nitrogen and oxygen atoms in total. The Morgan fingerprint density at radius 3 is 2.33 bits per heavy atom. The van der Waals surface area contributed by atoms with Crippen LogP contribution in [0.1, 0.15) is 11.3 Å². The molecule has 15 heavy (non-hydrogen) atoms. The summed E-state index contributed by atoms with van der Waals surface area (Å²) in [5, 5.41) is 0. The maximum atomic E-state index is 5.54. The second kappa shape index (κ2) is 4.32. The highest BCUT2D eigenvalue weighted by molar-refractivity contribution is 5.57. The van der Waals surface area contributed by atoms with Crippen molar-refractivity contribution in [3.05, 3.63) is 47.7 Å². The van der Waals surface area contributed by atoms with E-state index in [1.165, 1.54) is 5.56 Å². The largest absolute Gasteiger partial charge is 0.461 e. The fourth-order valence-electron chi connectivity index (χ4n) is 1.52. The van der Waals surface area contributed by atoms with E-state index in [2.05, 4.69) is 12.1 Å². The van der Waals surface area contributed by atoms with Crippen molar-refractivity contribution in [2.45, 2.75) is 13.5 Å². The maximum absolute atomic E-state index is 5.54. The molecular weight excluding hydrogens is 188 g/mol. The molecule has 0 atom stereocenters. The SMILES string of the molecule is COCc1ccc(-c2ccc(C)o2)cc1. The summed E-state index contributed by atoms with van der Waals surface area (Å²) in [6.45, 7) is 2.60. The van der Waals surface area contributed by atoms with Gasteiger partial charge in [-0.15, -0.1) is 0 Å². The molecule has 0 N–H and O–H groups in total. The molecule has 0 fully saturated rings. The van der Waals surface area contributed by atoms with Crippen LogP contribution in [-0.2, 0) is 11.3 Å². The summed E-state index contributed by atoms with van der Waals surface area (Å²) in [5.74, 6) is 1.85. The predicted octanol–water partition coefficient (Wildman–Crippen LogP) is 3.40. The Morgan fingerprint density at radius 1 is 1.07 bits per heavy atom. The van der Waals surface area contributed by atoms with Crippen molar-refractivity contribution >= 4 is 0 Å². The molecule has 0 unspecified atom stereocenters. The van der Waals surface area contributed by atoms with Gasteiger partial charge >= 0.3 is 0 Å². The lowest BCUT2D eigenvalue weighted by Crippen LogP contribution is -1.86. The quantitative estimate of drug-likeness (QED) is 0.761. The molecule has 1 aromatic carbocycles. The van der Waals surface area contributed by atoms with E-state index in [9.17, 15) is 0 Å². The first-order chi connectivity index (χ1) is 7.29. The topological polar surface area (TPSA) is 22.4 Å². The van der Waals surface area contributed by atoms with Gasteiger partial charge in [-0.05, 0) is 24.6 Å². The van der Waals surface area contributed by atoms with Crippen LogP contribution in [0.15, 0.2) is 40.8 Å². The van der Waals surface area contributed by atoms with Crippen LogP contribution in [0, 0.1) is 6.92 Å². The summed E-state index contributed by atoms with van der Waals surface area (Å²) in [6, 6.07) is 12.2. The van der Waals surface area contributed by atoms with Crippen molar-refractivity contribution in [3.8, 4) is 11.3 Å². The standard InChI is InChI=1S/C13H14O2/c1-10-3-8-13(15-10)12-6-4-11(5-7-12)9-14-2/h3-8H,9H2,1-2H3. The van der Waals surface area contributed by atoms with E-state index in [1.807, 2.05) is 31.2 Å². The minimum absolute atomic E-state index is 0.650. The van der Waals surface area contributed by atoms with Gasteiger partial charge in [-0.1, -0.05) is 24.3 Å². The van der Waals surface area contributed by atoms with Gasteiger partial charge in [0.2, 0.25) is 0 Å². The predicted molar refractivity (Wildman–Crippen MR) is 59.6 cm³/mol. The fraction of sp³-hybridized carbons (Fsp3) is 0.231. The lowest BCUT2D eigenvalue weighted by molar-refractivity contribution is 0.185. The Hall–Kier alpha value is -1.54. The Kier molecular flexibility index (Phi) is 2.88. The van der Waals surface area contributed by atoms with Crippen molar-refractivity contribution in [1.29, 1.82) is 0 Å². The van der Waals surface area contributed by atoms with Gasteiger partial charge in [0.05, 0.1) is 6.61 Å². The molecule has 0 aliphatic heterocycles. The van der Waals surface area contributed by atoms with Gasteiger partial charge in [0, 0.05) is 12.7 Å². The number of benzene rings is 1. The molecule has 1 heterocycles. The van der Waals surface area contributed by atoms with Crippen LogP contribution in [0.25, 0.3) is 11.3 Å². The van der Waals surface area contributed by atoms with Crippen molar-refractivity contribution in [2.75, 3.05) is 7.11 Å². The highest BCUT2D eigenvalue weighted by Gasteiger charge is 2.01. The summed E-state index contributed by atoms with van der Waals surface area (Å²) >= 11 is 0. The van der Waals surface area contributed by atoms with Gasteiger partial charge in [0.25, 0.3) is 0 Å². The molecule has 0 saturated carbocycles. The van der Waals surface area contributed by atoms with Crippen molar-refractivity contribution in [3.63, 3.8) is 0 Å². The van der Waals surface area contributed by atoms with Crippen LogP contribution in [0.5, 0.6) is 0 Å². The molecule has 78 valence electrons. The van der Waals surface area contributed by atoms with Crippen molar-refractivity contribution in [1.82, 2.24) is 0 Å². The number of hydrogen-bond donors (Lipinski definition) is 0. The summed E-state index contributed by atoms with van der Waals surface area (Å²) in [7, 11) is 1.70. The number of aryl methyl sites for hydroxylation is 1. The molecule has 2 rings (SSSR count). The van der Waals surface area contributed by atoms with Crippen LogP contribution in [0.3, 0.4) is 0 Å². The zero-order valence-corrected chi connectivity index (χ0v) is 8.99. The van der Waals surface area contributed by atoms with E-state index in [0.29, 0.717) is 6.61 Å². The molecule has 0 aliphatic rings. The first kappa shape index (κ1) is 9.99. The lowest BCUT2D eigenvalue weighted by Gasteiger charge is -2.01. The first-order valence-electron chi connectivity index (χ1n) is 4.94. The third-order valence-electron chi connectivity index (χ3n) is 2.29. The van der Waals surface area contributed by atoms with E-state index in [-0.39, 0.29) is 0 Å². The highest BCUT2D eigenvalue weighted by atomic mass is 16.5. The van der Waals surface area contributed by atoms with Crippen LogP contribution in [-0.4, -0.2) is 7.11 Å². The van der Waals surface area contributed by atoms with E-state index < -0.39 is 0 Å². The van der Waals surface area contributed by atoms with Crippen molar-refractivity contribution < 1.29 is 9.15 Å². The second-order valence-electron chi connectivity index (χ2n) is 3.54. The zero-order valence-electron chi connectivity index (χ0n) is 8.99. The lowest BCUT2D eigenvalue weighted by atomic mass is 10.1. The average Bonchev–Trinajstić information content (AvgIpc) is 2.67. The molecule has 1 aromatic heterocycles. The Balaban J connectivity index is 2.23. The molecule has 0 aliphatic carbocycles. The maximum Gasteiger partial charge on any atom is 0.134 e. The van der Waals surface area contributed by atoms with Gasteiger partial charge in [-0.25, -0.2) is 0 Å². The summed E-state index contributed by atoms with van der Waals surface area (Å²) < 4.78 is 10.6. The molecule has 2 aromatic rings. The van der Waals surface area contributed by atoms with Gasteiger partial charge < -0.3 is 9.15 Å². The van der Waals surface area contributed by atoms with E-state index in [1.54, 1.807) is 7.11 Å². The van der Waals surface area contributed by atoms with E-state index in [4.69, 9.17) is 9.15 Å². The summed E-state index contributed by atoms with van der Waals surface area (Å²) in [5.41, 5.74) is 2.27. The van der Waals surface area contributed by atoms with E-state index >= 15 is 0 Å². The average molecular weight is 202 g/mol. The molecule has 0 spiro atoms. The fourth-order valence-corrected chi connectivity index (χ4v) is 1.52. The molecule has 0 bridgehead atoms. The van der Waals surface area contributed by atoms with E-state index in [0.717, 1.165) is 17.1 Å². The summed E-state index contributed by atoms with van der Waals surface area (Å²) in [4.78, 5) is 0. The van der Waals surface area contributed by atoms with Gasteiger partial charge in [0.15, 0.2) is 0 Å². The number of ether oxygens (including phenoxy) is 1. The minimum atomic E-state index is 0.650. The Bertz CT molecular complexity index is 426. The van der Waals surface area contributed by atoms with Crippen LogP contribution in [0.4, 0.5) is 0 Å². The van der Waals surface area contributed by atoms with Crippen LogP contribution < -0.4 is 0 Å². The summed E-state index contributed by atoms with van der Waals surface area (Å²) in [6.07, 6.45) is 0. The molecule has 2 heteroatoms. The van der Waals surface area contributed by atoms with Crippen molar-refractivity contribution in [2.24, 2.45) is 0 Å². The smallest absolute Gasteiger partial charge is 0.134 e. The Morgan fingerprint density at radius 2 is 1.80 bits per heavy atom. The number of furan rings is 1. The van der Waals surface area contributed by atoms with Gasteiger partial charge in [-0.3, -0.25) is 0 Å². The minimum Gasteiger partial charge on any atom is -0.461 e. The highest BCUT2D eigenvalue weighted by Crippen LogP contribution is 2.22. The normalized spacial score (nSPS) is 10.5. The third-order valence-corrected chi connectivity index (χ3v) is 2.29. The second-order valence-corrected chi connectivity index (χ2v) is 3.54.